The lowest BCUT2D eigenvalue weighted by atomic mass is 9.95. The summed E-state index contributed by atoms with van der Waals surface area (Å²) in [6.45, 7) is 0. The van der Waals surface area contributed by atoms with Gasteiger partial charge in [-0.25, -0.2) is 9.18 Å². The van der Waals surface area contributed by atoms with Crippen LogP contribution >= 0.6 is 34.7 Å². The molecular weight excluding hydrogens is 409 g/mol. The van der Waals surface area contributed by atoms with Crippen molar-refractivity contribution < 1.29 is 18.7 Å². The van der Waals surface area contributed by atoms with E-state index in [0.29, 0.717) is 26.9 Å². The molecule has 1 N–H and O–H groups in total. The number of carbonyl (C=O) groups is 2. The summed E-state index contributed by atoms with van der Waals surface area (Å²) < 4.78 is 18.7. The third kappa shape index (κ3) is 4.65. The summed E-state index contributed by atoms with van der Waals surface area (Å²) in [7, 11) is 1.34. The Morgan fingerprint density at radius 3 is 2.85 bits per heavy atom. The second kappa shape index (κ2) is 9.08. The first-order valence-electron chi connectivity index (χ1n) is 8.54. The number of thiophene rings is 1. The lowest BCUT2D eigenvalue weighted by Gasteiger charge is -2.11. The first kappa shape index (κ1) is 20.2. The van der Waals surface area contributed by atoms with Crippen LogP contribution < -0.4 is 5.32 Å². The van der Waals surface area contributed by atoms with Crippen LogP contribution in [0, 0.1) is 5.82 Å². The van der Waals surface area contributed by atoms with E-state index in [-0.39, 0.29) is 17.5 Å². The van der Waals surface area contributed by atoms with Crippen LogP contribution in [0.5, 0.6) is 0 Å². The van der Waals surface area contributed by atoms with Crippen LogP contribution in [-0.4, -0.2) is 24.7 Å². The topological polar surface area (TPSA) is 55.4 Å². The fourth-order valence-electron chi connectivity index (χ4n) is 3.05. The average Bonchev–Trinajstić information content (AvgIpc) is 3.01. The average molecular weight is 428 g/mol. The van der Waals surface area contributed by atoms with E-state index in [1.165, 1.54) is 36.3 Å². The third-order valence-electron chi connectivity index (χ3n) is 4.36. The highest BCUT2D eigenvalue weighted by molar-refractivity contribution is 7.99. The molecule has 0 unspecified atom stereocenters. The highest BCUT2D eigenvalue weighted by atomic mass is 35.5. The van der Waals surface area contributed by atoms with Crippen molar-refractivity contribution in [3.05, 3.63) is 50.6 Å². The number of esters is 1. The maximum atomic E-state index is 13.8. The Balaban J connectivity index is 1.66. The molecule has 0 radical (unpaired) electrons. The van der Waals surface area contributed by atoms with Gasteiger partial charge < -0.3 is 10.1 Å². The van der Waals surface area contributed by atoms with Crippen LogP contribution in [-0.2, 0) is 28.1 Å². The maximum absolute atomic E-state index is 13.8. The number of thioether (sulfide) groups is 1. The number of methoxy groups -OCH3 is 1. The number of nitrogens with one attached hydrogen (secondary N) is 1. The SMILES string of the molecule is COC(=O)c1c(NC(=O)CSCc2c(F)cccc2Cl)sc2c1CCCC2. The highest BCUT2D eigenvalue weighted by Gasteiger charge is 2.26. The Labute approximate surface area is 170 Å². The van der Waals surface area contributed by atoms with Crippen molar-refractivity contribution in [2.75, 3.05) is 18.2 Å². The van der Waals surface area contributed by atoms with Crippen LogP contribution in [0.25, 0.3) is 0 Å². The Kier molecular flexibility index (Phi) is 6.78. The molecule has 0 fully saturated rings. The molecule has 0 atom stereocenters. The van der Waals surface area contributed by atoms with Gasteiger partial charge in [0.05, 0.1) is 18.4 Å². The number of hydrogen-bond acceptors (Lipinski definition) is 5. The van der Waals surface area contributed by atoms with Crippen molar-refractivity contribution >= 4 is 51.6 Å². The van der Waals surface area contributed by atoms with Gasteiger partial charge in [0.15, 0.2) is 0 Å². The predicted molar refractivity (Wildman–Crippen MR) is 109 cm³/mol. The molecule has 0 saturated carbocycles. The number of anilines is 1. The van der Waals surface area contributed by atoms with E-state index >= 15 is 0 Å². The lowest BCUT2D eigenvalue weighted by Crippen LogP contribution is -2.16. The zero-order chi connectivity index (χ0) is 19.4. The Morgan fingerprint density at radius 1 is 1.33 bits per heavy atom. The van der Waals surface area contributed by atoms with Gasteiger partial charge in [0.2, 0.25) is 5.91 Å². The molecule has 0 bridgehead atoms. The second-order valence-electron chi connectivity index (χ2n) is 6.15. The van der Waals surface area contributed by atoms with E-state index in [9.17, 15) is 14.0 Å². The van der Waals surface area contributed by atoms with E-state index in [0.717, 1.165) is 36.1 Å². The molecule has 1 aliphatic carbocycles. The predicted octanol–water partition coefficient (Wildman–Crippen LogP) is 5.08. The maximum Gasteiger partial charge on any atom is 0.341 e. The zero-order valence-corrected chi connectivity index (χ0v) is 17.2. The molecule has 0 spiro atoms. The molecule has 1 aliphatic rings. The molecular formula is C19H19ClFNO3S2. The van der Waals surface area contributed by atoms with Crippen molar-refractivity contribution in [3.8, 4) is 0 Å². The Morgan fingerprint density at radius 2 is 2.11 bits per heavy atom. The van der Waals surface area contributed by atoms with Gasteiger partial charge >= 0.3 is 5.97 Å². The molecule has 0 aliphatic heterocycles. The van der Waals surface area contributed by atoms with Crippen LogP contribution in [0.3, 0.4) is 0 Å². The summed E-state index contributed by atoms with van der Waals surface area (Å²) in [5.74, 6) is -0.613. The van der Waals surface area contributed by atoms with Gasteiger partial charge in [-0.1, -0.05) is 17.7 Å². The molecule has 1 aromatic heterocycles. The van der Waals surface area contributed by atoms with Crippen molar-refractivity contribution in [2.45, 2.75) is 31.4 Å². The molecule has 8 heteroatoms. The number of carbonyl (C=O) groups excluding carboxylic acids is 2. The van der Waals surface area contributed by atoms with Crippen molar-refractivity contribution in [1.29, 1.82) is 0 Å². The molecule has 27 heavy (non-hydrogen) atoms. The minimum absolute atomic E-state index is 0.133. The van der Waals surface area contributed by atoms with Gasteiger partial charge in [-0.15, -0.1) is 23.1 Å². The van der Waals surface area contributed by atoms with E-state index in [1.54, 1.807) is 12.1 Å². The summed E-state index contributed by atoms with van der Waals surface area (Å²) in [6, 6.07) is 4.52. The largest absolute Gasteiger partial charge is 0.465 e. The van der Waals surface area contributed by atoms with E-state index in [2.05, 4.69) is 5.32 Å². The number of benzene rings is 1. The highest BCUT2D eigenvalue weighted by Crippen LogP contribution is 2.38. The molecule has 2 aromatic rings. The molecule has 1 aromatic carbocycles. The summed E-state index contributed by atoms with van der Waals surface area (Å²) in [4.78, 5) is 25.7. The van der Waals surface area contributed by atoms with Crippen LogP contribution in [0.2, 0.25) is 5.02 Å². The lowest BCUT2D eigenvalue weighted by molar-refractivity contribution is -0.113. The van der Waals surface area contributed by atoms with Crippen molar-refractivity contribution in [3.63, 3.8) is 0 Å². The summed E-state index contributed by atoms with van der Waals surface area (Å²) in [5, 5.41) is 3.72. The van der Waals surface area contributed by atoms with Gasteiger partial charge in [-0.05, 0) is 43.4 Å². The van der Waals surface area contributed by atoms with Crippen molar-refractivity contribution in [1.82, 2.24) is 0 Å². The minimum atomic E-state index is -0.421. The van der Waals surface area contributed by atoms with Crippen LogP contribution in [0.4, 0.5) is 9.39 Å². The van der Waals surface area contributed by atoms with Gasteiger partial charge in [0.25, 0.3) is 0 Å². The number of hydrogen-bond donors (Lipinski definition) is 1. The Bertz CT molecular complexity index is 849. The molecule has 1 heterocycles. The van der Waals surface area contributed by atoms with Crippen LogP contribution in [0.1, 0.15) is 39.2 Å². The number of rotatable bonds is 6. The number of amides is 1. The standard InChI is InChI=1S/C19H19ClFNO3S2/c1-25-19(24)17-11-5-2-3-8-15(11)27-18(17)22-16(23)10-26-9-12-13(20)6-4-7-14(12)21/h4,6-7H,2-3,5,8-10H2,1H3,(H,22,23). The minimum Gasteiger partial charge on any atom is -0.465 e. The quantitative estimate of drug-likeness (QED) is 0.653. The first-order chi connectivity index (χ1) is 13.0. The zero-order valence-electron chi connectivity index (χ0n) is 14.8. The Hall–Kier alpha value is -1.57. The fourth-order valence-corrected chi connectivity index (χ4v) is 5.51. The number of halogens is 2. The van der Waals surface area contributed by atoms with E-state index < -0.39 is 5.97 Å². The molecule has 144 valence electrons. The second-order valence-corrected chi connectivity index (χ2v) is 8.65. The molecule has 0 saturated heterocycles. The van der Waals surface area contributed by atoms with Gasteiger partial charge in [0.1, 0.15) is 10.8 Å². The van der Waals surface area contributed by atoms with Crippen molar-refractivity contribution in [2.24, 2.45) is 0 Å². The van der Waals surface area contributed by atoms with Gasteiger partial charge in [-0.2, -0.15) is 0 Å². The monoisotopic (exact) mass is 427 g/mol. The number of aryl methyl sites for hydroxylation is 1. The smallest absolute Gasteiger partial charge is 0.341 e. The number of fused-ring (bicyclic) bond motifs is 1. The van der Waals surface area contributed by atoms with E-state index in [1.807, 2.05) is 0 Å². The molecule has 4 nitrogen and oxygen atoms in total. The summed E-state index contributed by atoms with van der Waals surface area (Å²) >= 11 is 8.72. The third-order valence-corrected chi connectivity index (χ3v) is 6.88. The summed E-state index contributed by atoms with van der Waals surface area (Å²) in [5.41, 5.74) is 1.87. The van der Waals surface area contributed by atoms with Gasteiger partial charge in [0, 0.05) is 21.2 Å². The molecule has 1 amide bonds. The fraction of sp³-hybridized carbons (Fsp3) is 0.368. The van der Waals surface area contributed by atoms with Crippen LogP contribution in [0.15, 0.2) is 18.2 Å². The van der Waals surface area contributed by atoms with Gasteiger partial charge in [-0.3, -0.25) is 4.79 Å². The summed E-state index contributed by atoms with van der Waals surface area (Å²) in [6.07, 6.45) is 3.86. The molecule has 3 rings (SSSR count). The first-order valence-corrected chi connectivity index (χ1v) is 10.9. The van der Waals surface area contributed by atoms with E-state index in [4.69, 9.17) is 16.3 Å². The normalized spacial score (nSPS) is 13.1. The number of ether oxygens (including phenoxy) is 1.